The number of nitrogens with zero attached hydrogens (tertiary/aromatic N) is 1. The zero-order chi connectivity index (χ0) is 10.1. The molecular weight excluding hydrogens is 268 g/mol. The van der Waals surface area contributed by atoms with E-state index in [-0.39, 0.29) is 59.1 Å². The molecule has 15 heavy (non-hydrogen) atoms. The minimum atomic E-state index is -5.00. The topological polar surface area (TPSA) is 133 Å². The van der Waals surface area contributed by atoms with E-state index in [1.165, 1.54) is 6.20 Å². The van der Waals surface area contributed by atoms with Gasteiger partial charge >= 0.3 is 15.4 Å². The summed E-state index contributed by atoms with van der Waals surface area (Å²) in [4.78, 5) is 31.0. The van der Waals surface area contributed by atoms with Crippen LogP contribution in [0.4, 0.5) is 0 Å². The second-order valence-corrected chi connectivity index (χ2v) is 5.10. The van der Waals surface area contributed by atoms with Crippen molar-refractivity contribution < 1.29 is 28.1 Å². The fourth-order valence-electron chi connectivity index (χ4n) is 0.594. The fourth-order valence-corrected chi connectivity index (χ4v) is 2.51. The van der Waals surface area contributed by atoms with Crippen molar-refractivity contribution in [3.05, 3.63) is 12.4 Å². The SMILES string of the molecule is O=P(O)(O)OP(=O)(O)c1ncc[nH]1.[Na].[Na]. The first kappa shape index (κ1) is 18.9. The molecule has 8 nitrogen and oxygen atoms in total. The van der Waals surface area contributed by atoms with E-state index in [1.54, 1.807) is 0 Å². The number of rotatable bonds is 3. The first-order chi connectivity index (χ1) is 5.81. The Morgan fingerprint density at radius 2 is 1.80 bits per heavy atom. The van der Waals surface area contributed by atoms with Gasteiger partial charge in [-0.1, -0.05) is 0 Å². The van der Waals surface area contributed by atoms with Crippen LogP contribution in [0.1, 0.15) is 0 Å². The van der Waals surface area contributed by atoms with Gasteiger partial charge in [-0.3, -0.25) is 4.57 Å². The summed E-state index contributed by atoms with van der Waals surface area (Å²) in [6.07, 6.45) is 2.38. The number of hydrogen-bond donors (Lipinski definition) is 4. The van der Waals surface area contributed by atoms with Crippen LogP contribution < -0.4 is 5.57 Å². The number of nitrogens with one attached hydrogen (secondary N) is 1. The van der Waals surface area contributed by atoms with E-state index in [4.69, 9.17) is 14.7 Å². The van der Waals surface area contributed by atoms with E-state index >= 15 is 0 Å². The van der Waals surface area contributed by atoms with Crippen LogP contribution >= 0.6 is 15.4 Å². The molecule has 1 heterocycles. The molecule has 1 aromatic heterocycles. The predicted molar refractivity (Wildman–Crippen MR) is 52.7 cm³/mol. The standard InChI is InChI=1S/C3H6N2O6P2.2Na/c6-12(7,11-13(8,9)10)3-4-1-2-5-3;;/h1-2H,(H,4,5)(H,6,7)(H2,8,9,10);;. The number of imidazole rings is 1. The quantitative estimate of drug-likeness (QED) is 0.392. The number of aromatic nitrogens is 2. The molecule has 1 unspecified atom stereocenters. The van der Waals surface area contributed by atoms with Crippen molar-refractivity contribution in [2.75, 3.05) is 0 Å². The molecule has 1 atom stereocenters. The van der Waals surface area contributed by atoms with Crippen molar-refractivity contribution in [3.8, 4) is 0 Å². The van der Waals surface area contributed by atoms with Gasteiger partial charge in [0.2, 0.25) is 5.57 Å². The normalized spacial score (nSPS) is 14.6. The molecule has 1 rings (SSSR count). The maximum absolute atomic E-state index is 11.0. The monoisotopic (exact) mass is 274 g/mol. The summed E-state index contributed by atoms with van der Waals surface area (Å²) in [6.45, 7) is 0. The van der Waals surface area contributed by atoms with E-state index in [9.17, 15) is 9.13 Å². The molecule has 76 valence electrons. The third kappa shape index (κ3) is 6.73. The summed E-state index contributed by atoms with van der Waals surface area (Å²) >= 11 is 0. The zero-order valence-electron chi connectivity index (χ0n) is 8.06. The Hall–Kier alpha value is 1.51. The molecule has 0 aromatic carbocycles. The molecule has 4 N–H and O–H groups in total. The molecule has 0 bridgehead atoms. The van der Waals surface area contributed by atoms with Crippen molar-refractivity contribution in [2.24, 2.45) is 0 Å². The van der Waals surface area contributed by atoms with Crippen molar-refractivity contribution in [3.63, 3.8) is 0 Å². The van der Waals surface area contributed by atoms with E-state index in [0.29, 0.717) is 0 Å². The van der Waals surface area contributed by atoms with Crippen LogP contribution in [0.15, 0.2) is 12.4 Å². The molecule has 0 saturated carbocycles. The fraction of sp³-hybridized carbons (Fsp3) is 0. The van der Waals surface area contributed by atoms with Crippen molar-refractivity contribution in [1.82, 2.24) is 9.97 Å². The van der Waals surface area contributed by atoms with E-state index in [1.807, 2.05) is 0 Å². The molecule has 0 aliphatic rings. The minimum absolute atomic E-state index is 0. The summed E-state index contributed by atoms with van der Waals surface area (Å²) in [5.74, 6) is 0. The van der Waals surface area contributed by atoms with Crippen LogP contribution in [0.2, 0.25) is 0 Å². The van der Waals surface area contributed by atoms with Gasteiger partial charge in [-0.05, 0) is 0 Å². The first-order valence-corrected chi connectivity index (χ1v) is 6.02. The summed E-state index contributed by atoms with van der Waals surface area (Å²) in [6, 6.07) is 0. The molecule has 0 aliphatic carbocycles. The van der Waals surface area contributed by atoms with Gasteiger partial charge in [-0.2, -0.15) is 0 Å². The summed E-state index contributed by atoms with van der Waals surface area (Å²) < 4.78 is 24.9. The number of hydrogen-bond acceptors (Lipinski definition) is 4. The Labute approximate surface area is 129 Å². The molecule has 2 radical (unpaired) electrons. The Morgan fingerprint density at radius 1 is 1.27 bits per heavy atom. The predicted octanol–water partition coefficient (Wildman–Crippen LogP) is -1.43. The minimum Gasteiger partial charge on any atom is -0.338 e. The second kappa shape index (κ2) is 7.06. The maximum atomic E-state index is 11.0. The van der Waals surface area contributed by atoms with Gasteiger partial charge in [0.05, 0.1) is 0 Å². The van der Waals surface area contributed by atoms with Gasteiger partial charge in [-0.25, -0.2) is 13.9 Å². The number of phosphoric acid groups is 1. The van der Waals surface area contributed by atoms with Gasteiger partial charge in [0.25, 0.3) is 0 Å². The second-order valence-electron chi connectivity index (χ2n) is 2.01. The van der Waals surface area contributed by atoms with Crippen LogP contribution in [0, 0.1) is 0 Å². The smallest absolute Gasteiger partial charge is 0.338 e. The molecule has 0 spiro atoms. The molecular formula is C3H6N2Na2O6P2. The summed E-state index contributed by atoms with van der Waals surface area (Å²) in [5.41, 5.74) is -0.518. The maximum Gasteiger partial charge on any atom is 0.477 e. The third-order valence-corrected chi connectivity index (χ3v) is 3.48. The molecule has 0 amide bonds. The Morgan fingerprint density at radius 3 is 2.13 bits per heavy atom. The Bertz CT molecular complexity index is 376. The van der Waals surface area contributed by atoms with E-state index < -0.39 is 21.0 Å². The summed E-state index contributed by atoms with van der Waals surface area (Å²) in [5, 5.41) is 0. The van der Waals surface area contributed by atoms with Crippen LogP contribution in [-0.2, 0) is 13.4 Å². The van der Waals surface area contributed by atoms with Gasteiger partial charge in [-0.15, -0.1) is 0 Å². The average molecular weight is 274 g/mol. The van der Waals surface area contributed by atoms with Crippen molar-refractivity contribution in [1.29, 1.82) is 0 Å². The van der Waals surface area contributed by atoms with Gasteiger partial charge in [0, 0.05) is 71.5 Å². The first-order valence-electron chi connectivity index (χ1n) is 2.91. The van der Waals surface area contributed by atoms with Crippen LogP contribution in [0.5, 0.6) is 0 Å². The summed E-state index contributed by atoms with van der Waals surface area (Å²) in [7, 11) is -9.55. The third-order valence-electron chi connectivity index (χ3n) is 0.968. The molecule has 12 heteroatoms. The van der Waals surface area contributed by atoms with Crippen LogP contribution in [0.3, 0.4) is 0 Å². The van der Waals surface area contributed by atoms with Crippen molar-refractivity contribution >= 4 is 80.1 Å². The zero-order valence-corrected chi connectivity index (χ0v) is 13.9. The van der Waals surface area contributed by atoms with Gasteiger partial charge in [0.1, 0.15) is 0 Å². The van der Waals surface area contributed by atoms with Gasteiger partial charge < -0.3 is 19.7 Å². The number of aromatic amines is 1. The molecule has 0 fully saturated rings. The van der Waals surface area contributed by atoms with E-state index in [2.05, 4.69) is 14.3 Å². The Balaban J connectivity index is 0. The Kier molecular flexibility index (Phi) is 8.88. The molecule has 1 aromatic rings. The molecule has 0 aliphatic heterocycles. The van der Waals surface area contributed by atoms with Crippen LogP contribution in [0.25, 0.3) is 0 Å². The molecule has 0 saturated heterocycles. The van der Waals surface area contributed by atoms with Gasteiger partial charge in [0.15, 0.2) is 0 Å². The number of H-pyrrole nitrogens is 1. The van der Waals surface area contributed by atoms with E-state index in [0.717, 1.165) is 6.20 Å². The van der Waals surface area contributed by atoms with Crippen LogP contribution in [-0.4, -0.2) is 83.8 Å². The van der Waals surface area contributed by atoms with Crippen molar-refractivity contribution in [2.45, 2.75) is 0 Å². The average Bonchev–Trinajstić information content (AvgIpc) is 2.29. The largest absolute Gasteiger partial charge is 0.477 e.